The number of carbonyl (C=O) groups is 1. The Bertz CT molecular complexity index is 518. The van der Waals surface area contributed by atoms with Gasteiger partial charge in [0.1, 0.15) is 5.78 Å². The molecule has 0 saturated heterocycles. The summed E-state index contributed by atoms with van der Waals surface area (Å²) in [5.41, 5.74) is 2.48. The minimum atomic E-state index is 0.350. The fourth-order valence-electron chi connectivity index (χ4n) is 7.26. The lowest BCUT2D eigenvalue weighted by atomic mass is 9.47. The Morgan fingerprint density at radius 3 is 2.73 bits per heavy atom. The van der Waals surface area contributed by atoms with Crippen molar-refractivity contribution >= 4 is 5.78 Å². The molecule has 0 aromatic rings. The molecule has 0 unspecified atom stereocenters. The van der Waals surface area contributed by atoms with E-state index in [4.69, 9.17) is 0 Å². The van der Waals surface area contributed by atoms with E-state index in [1.807, 2.05) is 0 Å². The number of allylic oxidation sites excluding steroid dienone is 2. The van der Waals surface area contributed by atoms with Gasteiger partial charge in [-0.15, -0.1) is 0 Å². The lowest BCUT2D eigenvalue weighted by Crippen LogP contribution is -2.50. The molecule has 4 rings (SSSR count). The summed E-state index contributed by atoms with van der Waals surface area (Å²) in [5, 5.41) is 0. The number of carbonyl (C=O) groups excluding carboxylic acids is 1. The molecule has 122 valence electrons. The lowest BCUT2D eigenvalue weighted by Gasteiger charge is -2.57. The maximum Gasteiger partial charge on any atom is 0.136 e. The summed E-state index contributed by atoms with van der Waals surface area (Å²) in [6.45, 7) is 7.51. The minimum absolute atomic E-state index is 0.350. The van der Waals surface area contributed by atoms with Crippen LogP contribution in [0.25, 0.3) is 0 Å². The van der Waals surface area contributed by atoms with Gasteiger partial charge in [0.15, 0.2) is 0 Å². The van der Waals surface area contributed by atoms with Crippen LogP contribution in [0.3, 0.4) is 0 Å². The second-order valence-corrected chi connectivity index (χ2v) is 9.20. The number of hydrogen-bond acceptors (Lipinski definition) is 1. The van der Waals surface area contributed by atoms with Crippen molar-refractivity contribution in [2.45, 2.75) is 78.6 Å². The van der Waals surface area contributed by atoms with Gasteiger partial charge in [0, 0.05) is 12.8 Å². The van der Waals surface area contributed by atoms with Crippen molar-refractivity contribution in [3.63, 3.8) is 0 Å². The van der Waals surface area contributed by atoms with Crippen molar-refractivity contribution < 1.29 is 4.79 Å². The SMILES string of the molecule is CC[C@H]1CC[C@H]2[C@@H]3CC=C4CC(=O)CC[C@]4(C)[C@H]3CC[C@]12C. The summed E-state index contributed by atoms with van der Waals surface area (Å²) in [7, 11) is 0. The molecule has 0 radical (unpaired) electrons. The topological polar surface area (TPSA) is 17.1 Å². The molecule has 3 saturated carbocycles. The lowest BCUT2D eigenvalue weighted by molar-refractivity contribution is -0.122. The van der Waals surface area contributed by atoms with Crippen LogP contribution in [0.2, 0.25) is 0 Å². The van der Waals surface area contributed by atoms with Gasteiger partial charge in [0.2, 0.25) is 0 Å². The van der Waals surface area contributed by atoms with E-state index in [1.54, 1.807) is 0 Å². The maximum atomic E-state index is 11.9. The average molecular weight is 300 g/mol. The predicted molar refractivity (Wildman–Crippen MR) is 90.5 cm³/mol. The van der Waals surface area contributed by atoms with Gasteiger partial charge >= 0.3 is 0 Å². The number of ketones is 1. The van der Waals surface area contributed by atoms with Gasteiger partial charge in [0.25, 0.3) is 0 Å². The summed E-state index contributed by atoms with van der Waals surface area (Å²) in [4.78, 5) is 11.9. The molecule has 0 amide bonds. The van der Waals surface area contributed by atoms with E-state index in [9.17, 15) is 4.79 Å². The summed E-state index contributed by atoms with van der Waals surface area (Å²) in [5.74, 6) is 4.15. The average Bonchev–Trinajstić information content (AvgIpc) is 2.84. The highest BCUT2D eigenvalue weighted by atomic mass is 16.1. The Balaban J connectivity index is 1.67. The van der Waals surface area contributed by atoms with Crippen LogP contribution in [-0.4, -0.2) is 5.78 Å². The highest BCUT2D eigenvalue weighted by Crippen LogP contribution is 2.66. The van der Waals surface area contributed by atoms with Gasteiger partial charge < -0.3 is 0 Å². The molecule has 6 atom stereocenters. The molecule has 1 heteroatoms. The molecule has 0 N–H and O–H groups in total. The summed E-state index contributed by atoms with van der Waals surface area (Å²) >= 11 is 0. The highest BCUT2D eigenvalue weighted by molar-refractivity contribution is 5.82. The van der Waals surface area contributed by atoms with Crippen LogP contribution in [0.4, 0.5) is 0 Å². The summed E-state index contributed by atoms with van der Waals surface area (Å²) in [6.07, 6.45) is 13.6. The highest BCUT2D eigenvalue weighted by Gasteiger charge is 2.57. The van der Waals surface area contributed by atoms with Crippen LogP contribution in [0.15, 0.2) is 11.6 Å². The molecule has 0 spiro atoms. The summed E-state index contributed by atoms with van der Waals surface area (Å²) in [6, 6.07) is 0. The van der Waals surface area contributed by atoms with Crippen molar-refractivity contribution in [2.24, 2.45) is 34.5 Å². The van der Waals surface area contributed by atoms with Crippen LogP contribution in [0.1, 0.15) is 78.6 Å². The second-order valence-electron chi connectivity index (χ2n) is 9.20. The fraction of sp³-hybridized carbons (Fsp3) is 0.857. The second kappa shape index (κ2) is 4.95. The van der Waals surface area contributed by atoms with E-state index in [2.05, 4.69) is 26.8 Å². The van der Waals surface area contributed by atoms with Crippen LogP contribution in [0.5, 0.6) is 0 Å². The first-order valence-electron chi connectivity index (χ1n) is 9.70. The van der Waals surface area contributed by atoms with Gasteiger partial charge in [-0.25, -0.2) is 0 Å². The third-order valence-electron chi connectivity index (χ3n) is 8.63. The largest absolute Gasteiger partial charge is 0.299 e. The Hall–Kier alpha value is -0.590. The predicted octanol–water partition coefficient (Wildman–Crippen LogP) is 5.54. The van der Waals surface area contributed by atoms with Gasteiger partial charge in [0.05, 0.1) is 0 Å². The Morgan fingerprint density at radius 2 is 1.95 bits per heavy atom. The molecular formula is C21H32O. The van der Waals surface area contributed by atoms with E-state index >= 15 is 0 Å². The molecule has 0 heterocycles. The van der Waals surface area contributed by atoms with Crippen molar-refractivity contribution in [1.29, 1.82) is 0 Å². The number of fused-ring (bicyclic) bond motifs is 5. The molecule has 4 aliphatic carbocycles. The van der Waals surface area contributed by atoms with Crippen LogP contribution in [0, 0.1) is 34.5 Å². The first kappa shape index (κ1) is 15.0. The molecule has 0 aromatic carbocycles. The van der Waals surface area contributed by atoms with Crippen molar-refractivity contribution in [3.8, 4) is 0 Å². The van der Waals surface area contributed by atoms with Gasteiger partial charge in [-0.3, -0.25) is 4.79 Å². The smallest absolute Gasteiger partial charge is 0.136 e. The Morgan fingerprint density at radius 1 is 1.14 bits per heavy atom. The third kappa shape index (κ3) is 1.86. The molecule has 4 aliphatic rings. The van der Waals surface area contributed by atoms with E-state index in [-0.39, 0.29) is 0 Å². The van der Waals surface area contributed by atoms with Gasteiger partial charge in [-0.05, 0) is 73.0 Å². The van der Waals surface area contributed by atoms with Crippen molar-refractivity contribution in [3.05, 3.63) is 11.6 Å². The number of Topliss-reactive ketones (excluding diaryl/α,β-unsaturated/α-hetero) is 1. The molecule has 0 aromatic heterocycles. The first-order valence-corrected chi connectivity index (χ1v) is 9.70. The molecule has 0 aliphatic heterocycles. The van der Waals surface area contributed by atoms with E-state index < -0.39 is 0 Å². The summed E-state index contributed by atoms with van der Waals surface area (Å²) < 4.78 is 0. The molecular weight excluding hydrogens is 268 g/mol. The Kier molecular flexibility index (Phi) is 3.37. The standard InChI is InChI=1S/C21H32O/c1-4-14-6-8-18-17-7-5-15-13-16(22)9-11-21(15,3)19(17)10-12-20(14,18)2/h5,14,17-19H,4,6-13H2,1-3H3/t14-,17-,18-,19-,20+,21-/m0/s1. The monoisotopic (exact) mass is 300 g/mol. The maximum absolute atomic E-state index is 11.9. The van der Waals surface area contributed by atoms with Crippen LogP contribution >= 0.6 is 0 Å². The molecule has 3 fully saturated rings. The van der Waals surface area contributed by atoms with Gasteiger partial charge in [-0.1, -0.05) is 38.8 Å². The van der Waals surface area contributed by atoms with E-state index in [0.29, 0.717) is 16.6 Å². The third-order valence-corrected chi connectivity index (χ3v) is 8.63. The van der Waals surface area contributed by atoms with Crippen LogP contribution in [-0.2, 0) is 4.79 Å². The van der Waals surface area contributed by atoms with Crippen molar-refractivity contribution in [1.82, 2.24) is 0 Å². The van der Waals surface area contributed by atoms with Crippen LogP contribution < -0.4 is 0 Å². The fourth-order valence-corrected chi connectivity index (χ4v) is 7.26. The first-order chi connectivity index (χ1) is 10.5. The number of rotatable bonds is 1. The molecule has 0 bridgehead atoms. The molecule has 1 nitrogen and oxygen atoms in total. The minimum Gasteiger partial charge on any atom is -0.299 e. The zero-order valence-corrected chi connectivity index (χ0v) is 14.7. The van der Waals surface area contributed by atoms with Crippen molar-refractivity contribution in [2.75, 3.05) is 0 Å². The van der Waals surface area contributed by atoms with E-state index in [1.165, 1.54) is 44.1 Å². The zero-order chi connectivity index (χ0) is 15.5. The Labute approximate surface area is 135 Å². The quantitative estimate of drug-likeness (QED) is 0.581. The normalized spacial score (nSPS) is 50.9. The van der Waals surface area contributed by atoms with Gasteiger partial charge in [-0.2, -0.15) is 0 Å². The zero-order valence-electron chi connectivity index (χ0n) is 14.7. The van der Waals surface area contributed by atoms with E-state index in [0.717, 1.165) is 42.9 Å². The molecule has 22 heavy (non-hydrogen) atoms. The number of hydrogen-bond donors (Lipinski definition) is 0.